The third-order valence-corrected chi connectivity index (χ3v) is 6.10. The van der Waals surface area contributed by atoms with Gasteiger partial charge in [-0.3, -0.25) is 9.35 Å². The maximum atomic E-state index is 12.4. The molecular weight excluding hydrogens is 396 g/mol. The van der Waals surface area contributed by atoms with Crippen LogP contribution in [0, 0.1) is 6.92 Å². The summed E-state index contributed by atoms with van der Waals surface area (Å²) in [5, 5.41) is 3.76. The van der Waals surface area contributed by atoms with Gasteiger partial charge in [0.2, 0.25) is 11.3 Å². The summed E-state index contributed by atoms with van der Waals surface area (Å²) in [6, 6.07) is 11.6. The van der Waals surface area contributed by atoms with Crippen molar-refractivity contribution in [1.29, 1.82) is 0 Å². The number of aryl methyl sites for hydroxylation is 1. The number of benzene rings is 2. The first kappa shape index (κ1) is 18.8. The van der Waals surface area contributed by atoms with E-state index in [9.17, 15) is 9.00 Å². The van der Waals surface area contributed by atoms with Crippen LogP contribution >= 0.6 is 11.3 Å². The molecule has 2 aromatic heterocycles. The molecular formula is C20H18N2O4S2. The third kappa shape index (κ3) is 3.24. The van der Waals surface area contributed by atoms with E-state index in [1.807, 2.05) is 48.7 Å². The number of rotatable bonds is 5. The third-order valence-electron chi connectivity index (χ3n) is 4.79. The number of thiophene rings is 1. The monoisotopic (exact) mass is 414 g/mol. The minimum atomic E-state index is -2.06. The summed E-state index contributed by atoms with van der Waals surface area (Å²) in [5.41, 5.74) is 4.44. The molecule has 8 heteroatoms. The zero-order chi connectivity index (χ0) is 19.8. The van der Waals surface area contributed by atoms with Crippen LogP contribution in [-0.2, 0) is 17.8 Å². The molecule has 1 unspecified atom stereocenters. The fraction of sp³-hybridized carbons (Fsp3) is 0.150. The molecule has 2 heterocycles. The lowest BCUT2D eigenvalue weighted by atomic mass is 9.94. The molecule has 0 spiro atoms. The van der Waals surface area contributed by atoms with Gasteiger partial charge in [-0.2, -0.15) is 0 Å². The van der Waals surface area contributed by atoms with Crippen LogP contribution in [-0.4, -0.2) is 20.9 Å². The molecule has 0 bridgehead atoms. The Balaban J connectivity index is 1.97. The van der Waals surface area contributed by atoms with Crippen molar-refractivity contribution in [2.75, 3.05) is 7.11 Å². The normalized spacial score (nSPS) is 12.5. The van der Waals surface area contributed by atoms with Crippen molar-refractivity contribution in [1.82, 2.24) is 9.71 Å². The van der Waals surface area contributed by atoms with E-state index in [1.165, 1.54) is 11.3 Å². The van der Waals surface area contributed by atoms with Crippen LogP contribution in [0.3, 0.4) is 0 Å². The Kier molecular flexibility index (Phi) is 5.03. The Morgan fingerprint density at radius 3 is 2.79 bits per heavy atom. The highest BCUT2D eigenvalue weighted by Crippen LogP contribution is 2.40. The van der Waals surface area contributed by atoms with Crippen LogP contribution in [0.15, 0.2) is 46.6 Å². The molecule has 0 aliphatic rings. The van der Waals surface area contributed by atoms with Crippen molar-refractivity contribution in [3.05, 3.63) is 63.3 Å². The van der Waals surface area contributed by atoms with Gasteiger partial charge in [-0.05, 0) is 47.2 Å². The SMILES string of the molecule is COc1ccc2[nH]c(=O)c3sccc3c2c1-c1ccc(CNS(=O)O)c(C)c1. The average molecular weight is 415 g/mol. The number of ether oxygens (including phenoxy) is 1. The first-order valence-electron chi connectivity index (χ1n) is 8.54. The molecule has 0 fully saturated rings. The molecule has 3 N–H and O–H groups in total. The van der Waals surface area contributed by atoms with Crippen LogP contribution < -0.4 is 15.0 Å². The van der Waals surface area contributed by atoms with Crippen LogP contribution in [0.1, 0.15) is 11.1 Å². The molecule has 0 amide bonds. The van der Waals surface area contributed by atoms with Gasteiger partial charge in [0.25, 0.3) is 5.56 Å². The minimum absolute atomic E-state index is 0.0942. The second-order valence-electron chi connectivity index (χ2n) is 6.39. The molecule has 6 nitrogen and oxygen atoms in total. The largest absolute Gasteiger partial charge is 0.496 e. The van der Waals surface area contributed by atoms with Gasteiger partial charge in [0, 0.05) is 28.4 Å². The minimum Gasteiger partial charge on any atom is -0.496 e. The summed E-state index contributed by atoms with van der Waals surface area (Å²) in [5.74, 6) is 0.716. The van der Waals surface area contributed by atoms with E-state index >= 15 is 0 Å². The van der Waals surface area contributed by atoms with Crippen molar-refractivity contribution >= 4 is 43.6 Å². The molecule has 0 saturated heterocycles. The van der Waals surface area contributed by atoms with Crippen molar-refractivity contribution in [2.24, 2.45) is 0 Å². The quantitative estimate of drug-likeness (QED) is 0.431. The number of nitrogens with one attached hydrogen (secondary N) is 2. The van der Waals surface area contributed by atoms with E-state index in [0.717, 1.165) is 38.5 Å². The summed E-state index contributed by atoms with van der Waals surface area (Å²) in [7, 11) is 1.63. The molecule has 28 heavy (non-hydrogen) atoms. The van der Waals surface area contributed by atoms with Crippen molar-refractivity contribution in [3.8, 4) is 16.9 Å². The first-order valence-corrected chi connectivity index (χ1v) is 10.5. The second kappa shape index (κ2) is 7.48. The molecule has 4 aromatic rings. The lowest BCUT2D eigenvalue weighted by Gasteiger charge is -2.15. The summed E-state index contributed by atoms with van der Waals surface area (Å²) in [6.45, 7) is 2.25. The number of hydrogen-bond acceptors (Lipinski definition) is 4. The average Bonchev–Trinajstić information content (AvgIpc) is 3.16. The van der Waals surface area contributed by atoms with E-state index < -0.39 is 11.3 Å². The summed E-state index contributed by atoms with van der Waals surface area (Å²) < 4.78 is 28.7. The molecule has 1 atom stereocenters. The second-order valence-corrected chi connectivity index (χ2v) is 8.10. The summed E-state index contributed by atoms with van der Waals surface area (Å²) >= 11 is -0.640. The number of hydrogen-bond donors (Lipinski definition) is 3. The number of fused-ring (bicyclic) bond motifs is 3. The van der Waals surface area contributed by atoms with Gasteiger partial charge in [0.05, 0.1) is 7.11 Å². The maximum Gasteiger partial charge on any atom is 0.266 e. The molecule has 0 saturated carbocycles. The molecule has 4 rings (SSSR count). The van der Waals surface area contributed by atoms with Gasteiger partial charge in [0.1, 0.15) is 10.4 Å². The number of H-pyrrole nitrogens is 1. The highest BCUT2D eigenvalue weighted by Gasteiger charge is 2.17. The zero-order valence-electron chi connectivity index (χ0n) is 15.2. The Morgan fingerprint density at radius 2 is 2.07 bits per heavy atom. The van der Waals surface area contributed by atoms with Crippen molar-refractivity contribution < 1.29 is 13.5 Å². The number of methoxy groups -OCH3 is 1. The van der Waals surface area contributed by atoms with E-state index in [4.69, 9.17) is 9.29 Å². The Morgan fingerprint density at radius 1 is 1.25 bits per heavy atom. The lowest BCUT2D eigenvalue weighted by molar-refractivity contribution is 0.417. The van der Waals surface area contributed by atoms with E-state index in [0.29, 0.717) is 17.0 Å². The summed E-state index contributed by atoms with van der Waals surface area (Å²) in [6.07, 6.45) is 0. The fourth-order valence-electron chi connectivity index (χ4n) is 3.47. The predicted molar refractivity (Wildman–Crippen MR) is 114 cm³/mol. The highest BCUT2D eigenvalue weighted by atomic mass is 32.2. The Hall–Kier alpha value is -2.52. The lowest BCUT2D eigenvalue weighted by Crippen LogP contribution is -2.16. The highest BCUT2D eigenvalue weighted by molar-refractivity contribution is 7.77. The van der Waals surface area contributed by atoms with Gasteiger partial charge in [-0.15, -0.1) is 11.3 Å². The smallest absolute Gasteiger partial charge is 0.266 e. The van der Waals surface area contributed by atoms with Gasteiger partial charge in [0.15, 0.2) is 0 Å². The number of aromatic nitrogens is 1. The van der Waals surface area contributed by atoms with E-state index in [-0.39, 0.29) is 5.56 Å². The Bertz CT molecular complexity index is 1280. The zero-order valence-corrected chi connectivity index (χ0v) is 16.9. The Labute approximate surface area is 167 Å². The standard InChI is InChI=1S/C20H18N2O4S2/c1-11-9-12(3-4-13(11)10-21-28(24)25)17-16(26-2)6-5-15-18(17)14-7-8-27-19(14)20(23)22-15/h3-9,21H,10H2,1-2H3,(H,22,23)(H,24,25). The van der Waals surface area contributed by atoms with E-state index in [2.05, 4.69) is 9.71 Å². The van der Waals surface area contributed by atoms with Gasteiger partial charge in [-0.1, -0.05) is 18.2 Å². The fourth-order valence-corrected chi connectivity index (χ4v) is 4.55. The van der Waals surface area contributed by atoms with Gasteiger partial charge < -0.3 is 9.72 Å². The van der Waals surface area contributed by atoms with E-state index in [1.54, 1.807) is 7.11 Å². The van der Waals surface area contributed by atoms with Crippen molar-refractivity contribution in [2.45, 2.75) is 13.5 Å². The first-order chi connectivity index (χ1) is 13.5. The molecule has 0 aliphatic carbocycles. The topological polar surface area (TPSA) is 91.4 Å². The predicted octanol–water partition coefficient (Wildman–Crippen LogP) is 3.95. The number of aromatic amines is 1. The maximum absolute atomic E-state index is 12.4. The van der Waals surface area contributed by atoms with Crippen molar-refractivity contribution in [3.63, 3.8) is 0 Å². The van der Waals surface area contributed by atoms with Crippen LogP contribution in [0.2, 0.25) is 0 Å². The molecule has 144 valence electrons. The van der Waals surface area contributed by atoms with Gasteiger partial charge >= 0.3 is 0 Å². The summed E-state index contributed by atoms with van der Waals surface area (Å²) in [4.78, 5) is 15.3. The molecule has 0 aliphatic heterocycles. The van der Waals surface area contributed by atoms with Crippen LogP contribution in [0.4, 0.5) is 0 Å². The van der Waals surface area contributed by atoms with Crippen LogP contribution in [0.5, 0.6) is 5.75 Å². The number of pyridine rings is 1. The molecule has 0 radical (unpaired) electrons. The van der Waals surface area contributed by atoms with Gasteiger partial charge in [-0.25, -0.2) is 8.93 Å². The molecule has 2 aromatic carbocycles. The van der Waals surface area contributed by atoms with Crippen LogP contribution in [0.25, 0.3) is 32.1 Å².